The van der Waals surface area contributed by atoms with E-state index in [1.165, 1.54) is 5.39 Å². The number of aromatic nitrogens is 1. The summed E-state index contributed by atoms with van der Waals surface area (Å²) in [6.07, 6.45) is 1.71. The predicted molar refractivity (Wildman–Crippen MR) is 102 cm³/mol. The predicted octanol–water partition coefficient (Wildman–Crippen LogP) is 4.23. The normalized spacial score (nSPS) is 10.7. The fraction of sp³-hybridized carbons (Fsp3) is 0. The molecular weight excluding hydrogens is 310 g/mol. The van der Waals surface area contributed by atoms with Crippen molar-refractivity contribution in [1.82, 2.24) is 15.8 Å². The minimum Gasteiger partial charge on any atom is -0.360 e. The number of H-pyrrole nitrogens is 1. The minimum atomic E-state index is -0.209. The first-order chi connectivity index (χ1) is 12.2. The van der Waals surface area contributed by atoms with Crippen molar-refractivity contribution in [2.45, 2.75) is 0 Å². The summed E-state index contributed by atoms with van der Waals surface area (Å²) in [6.45, 7) is 4.01. The zero-order chi connectivity index (χ0) is 17.2. The van der Waals surface area contributed by atoms with Gasteiger partial charge in [0.05, 0.1) is 11.3 Å². The smallest absolute Gasteiger partial charge is 0.271 e. The summed E-state index contributed by atoms with van der Waals surface area (Å²) >= 11 is 0. The number of aromatic amines is 1. The molecule has 1 amide bonds. The third kappa shape index (κ3) is 2.85. The molecule has 0 atom stereocenters. The molecule has 4 nitrogen and oxygen atoms in total. The van der Waals surface area contributed by atoms with E-state index < -0.39 is 0 Å². The van der Waals surface area contributed by atoms with Crippen LogP contribution in [0, 0.1) is 0 Å². The van der Waals surface area contributed by atoms with Gasteiger partial charge in [-0.15, -0.1) is 0 Å². The molecule has 0 spiro atoms. The van der Waals surface area contributed by atoms with Gasteiger partial charge >= 0.3 is 0 Å². The highest BCUT2D eigenvalue weighted by Crippen LogP contribution is 2.19. The van der Waals surface area contributed by atoms with Crippen molar-refractivity contribution in [2.24, 2.45) is 0 Å². The van der Waals surface area contributed by atoms with E-state index in [4.69, 9.17) is 0 Å². The standard InChI is InChI=1S/C21H17N3O/c1-14(16-11-10-15-6-2-3-7-17(15)12-16)23-24-21(25)19-13-22-20-9-5-4-8-18(19)20/h2-13,22-23H,1H2,(H,24,25). The molecule has 4 heteroatoms. The summed E-state index contributed by atoms with van der Waals surface area (Å²) in [4.78, 5) is 15.5. The van der Waals surface area contributed by atoms with E-state index in [-0.39, 0.29) is 5.91 Å². The van der Waals surface area contributed by atoms with Gasteiger partial charge in [0.1, 0.15) is 0 Å². The highest BCUT2D eigenvalue weighted by atomic mass is 16.2. The topological polar surface area (TPSA) is 56.9 Å². The van der Waals surface area contributed by atoms with E-state index in [1.54, 1.807) is 6.20 Å². The largest absolute Gasteiger partial charge is 0.360 e. The van der Waals surface area contributed by atoms with Crippen molar-refractivity contribution < 1.29 is 4.79 Å². The Kier molecular flexibility index (Phi) is 3.71. The van der Waals surface area contributed by atoms with Gasteiger partial charge < -0.3 is 4.98 Å². The number of carbonyl (C=O) groups is 1. The van der Waals surface area contributed by atoms with Crippen LogP contribution >= 0.6 is 0 Å². The minimum absolute atomic E-state index is 0.209. The molecule has 0 saturated carbocycles. The summed E-state index contributed by atoms with van der Waals surface area (Å²) < 4.78 is 0. The fourth-order valence-corrected chi connectivity index (χ4v) is 2.91. The first-order valence-corrected chi connectivity index (χ1v) is 8.03. The van der Waals surface area contributed by atoms with Gasteiger partial charge in [0.2, 0.25) is 0 Å². The van der Waals surface area contributed by atoms with Crippen LogP contribution in [0.4, 0.5) is 0 Å². The lowest BCUT2D eigenvalue weighted by molar-refractivity contribution is 0.0944. The summed E-state index contributed by atoms with van der Waals surface area (Å²) in [7, 11) is 0. The Hall–Kier alpha value is -3.53. The van der Waals surface area contributed by atoms with Crippen molar-refractivity contribution in [1.29, 1.82) is 0 Å². The first-order valence-electron chi connectivity index (χ1n) is 8.03. The number of rotatable bonds is 4. The number of hydrogen-bond acceptors (Lipinski definition) is 2. The van der Waals surface area contributed by atoms with E-state index in [0.717, 1.165) is 21.9 Å². The Bertz CT molecular complexity index is 1090. The van der Waals surface area contributed by atoms with Gasteiger partial charge in [0, 0.05) is 17.1 Å². The Balaban J connectivity index is 1.50. The molecule has 3 aromatic carbocycles. The number of carbonyl (C=O) groups excluding carboxylic acids is 1. The van der Waals surface area contributed by atoms with Crippen LogP contribution in [0.25, 0.3) is 27.4 Å². The summed E-state index contributed by atoms with van der Waals surface area (Å²) in [5, 5.41) is 3.19. The van der Waals surface area contributed by atoms with E-state index in [1.807, 2.05) is 54.6 Å². The molecule has 4 rings (SSSR count). The number of nitrogens with one attached hydrogen (secondary N) is 3. The molecule has 3 N–H and O–H groups in total. The van der Waals surface area contributed by atoms with Crippen LogP contribution in [-0.4, -0.2) is 10.9 Å². The molecule has 1 aromatic heterocycles. The Morgan fingerprint density at radius 1 is 0.880 bits per heavy atom. The van der Waals surface area contributed by atoms with E-state index in [2.05, 4.69) is 34.5 Å². The average Bonchev–Trinajstić information content (AvgIpc) is 3.09. The maximum absolute atomic E-state index is 12.4. The van der Waals surface area contributed by atoms with Crippen molar-refractivity contribution in [3.8, 4) is 0 Å². The number of hydrazine groups is 1. The monoisotopic (exact) mass is 327 g/mol. The van der Waals surface area contributed by atoms with Gasteiger partial charge in [-0.1, -0.05) is 61.2 Å². The number of para-hydroxylation sites is 1. The van der Waals surface area contributed by atoms with E-state index in [9.17, 15) is 4.79 Å². The summed E-state index contributed by atoms with van der Waals surface area (Å²) in [5.41, 5.74) is 8.71. The second-order valence-corrected chi connectivity index (χ2v) is 5.87. The van der Waals surface area contributed by atoms with Gasteiger partial charge in [-0.05, 0) is 28.5 Å². The molecule has 0 bridgehead atoms. The molecule has 0 fully saturated rings. The molecule has 1 heterocycles. The quantitative estimate of drug-likeness (QED) is 0.491. The zero-order valence-corrected chi connectivity index (χ0v) is 13.5. The van der Waals surface area contributed by atoms with Crippen LogP contribution in [0.2, 0.25) is 0 Å². The molecule has 25 heavy (non-hydrogen) atoms. The third-order valence-corrected chi connectivity index (χ3v) is 4.26. The van der Waals surface area contributed by atoms with Crippen LogP contribution in [0.1, 0.15) is 15.9 Å². The second-order valence-electron chi connectivity index (χ2n) is 5.87. The summed E-state index contributed by atoms with van der Waals surface area (Å²) in [6, 6.07) is 21.9. The van der Waals surface area contributed by atoms with Gasteiger partial charge in [0.25, 0.3) is 5.91 Å². The Morgan fingerprint density at radius 3 is 2.52 bits per heavy atom. The maximum atomic E-state index is 12.4. The van der Waals surface area contributed by atoms with Crippen molar-refractivity contribution >= 4 is 33.3 Å². The van der Waals surface area contributed by atoms with Crippen LogP contribution in [-0.2, 0) is 0 Å². The number of fused-ring (bicyclic) bond motifs is 2. The maximum Gasteiger partial charge on any atom is 0.271 e. The second kappa shape index (κ2) is 6.17. The SMILES string of the molecule is C=C(NNC(=O)c1c[nH]c2ccccc12)c1ccc2ccccc2c1. The first kappa shape index (κ1) is 15.0. The van der Waals surface area contributed by atoms with Crippen LogP contribution in [0.15, 0.2) is 79.5 Å². The highest BCUT2D eigenvalue weighted by molar-refractivity contribution is 6.06. The molecule has 0 aliphatic carbocycles. The van der Waals surface area contributed by atoms with Crippen molar-refractivity contribution in [3.05, 3.63) is 90.6 Å². The van der Waals surface area contributed by atoms with E-state index >= 15 is 0 Å². The molecule has 0 saturated heterocycles. The number of amides is 1. The highest BCUT2D eigenvalue weighted by Gasteiger charge is 2.11. The fourth-order valence-electron chi connectivity index (χ4n) is 2.91. The van der Waals surface area contributed by atoms with Gasteiger partial charge in [-0.2, -0.15) is 0 Å². The molecule has 0 aliphatic heterocycles. The number of hydrogen-bond donors (Lipinski definition) is 3. The number of benzene rings is 3. The molecule has 0 aliphatic rings. The average molecular weight is 327 g/mol. The molecule has 0 radical (unpaired) electrons. The molecule has 4 aromatic rings. The summed E-state index contributed by atoms with van der Waals surface area (Å²) in [5.74, 6) is -0.209. The third-order valence-electron chi connectivity index (χ3n) is 4.26. The Labute approximate surface area is 145 Å². The van der Waals surface area contributed by atoms with Crippen molar-refractivity contribution in [2.75, 3.05) is 0 Å². The van der Waals surface area contributed by atoms with Crippen LogP contribution in [0.5, 0.6) is 0 Å². The van der Waals surface area contributed by atoms with Crippen molar-refractivity contribution in [3.63, 3.8) is 0 Å². The van der Waals surface area contributed by atoms with E-state index in [0.29, 0.717) is 11.3 Å². The lowest BCUT2D eigenvalue weighted by Crippen LogP contribution is -2.35. The Morgan fingerprint density at radius 2 is 1.64 bits per heavy atom. The lowest BCUT2D eigenvalue weighted by Gasteiger charge is -2.11. The van der Waals surface area contributed by atoms with Crippen LogP contribution in [0.3, 0.4) is 0 Å². The molecule has 0 unspecified atom stereocenters. The zero-order valence-electron chi connectivity index (χ0n) is 13.5. The van der Waals surface area contributed by atoms with Gasteiger partial charge in [0.15, 0.2) is 0 Å². The van der Waals surface area contributed by atoms with Gasteiger partial charge in [-0.3, -0.25) is 15.6 Å². The molecule has 122 valence electrons. The molecular formula is C21H17N3O. The van der Waals surface area contributed by atoms with Gasteiger partial charge in [-0.25, -0.2) is 0 Å². The lowest BCUT2D eigenvalue weighted by atomic mass is 10.1. The van der Waals surface area contributed by atoms with Crippen LogP contribution < -0.4 is 10.9 Å².